The quantitative estimate of drug-likeness (QED) is 0.584. The van der Waals surface area contributed by atoms with Crippen molar-refractivity contribution in [3.63, 3.8) is 0 Å². The summed E-state index contributed by atoms with van der Waals surface area (Å²) in [5.74, 6) is -0.390. The lowest BCUT2D eigenvalue weighted by atomic mass is 10.1. The molecule has 11 heteroatoms. The number of sulfonamides is 1. The van der Waals surface area contributed by atoms with E-state index in [1.807, 2.05) is 6.92 Å². The Bertz CT molecular complexity index is 923. The average molecular weight is 453 g/mol. The number of sulfone groups is 1. The normalized spacial score (nSPS) is 23.8. The number of ketones is 1. The van der Waals surface area contributed by atoms with Crippen LogP contribution in [-0.4, -0.2) is 53.2 Å². The summed E-state index contributed by atoms with van der Waals surface area (Å²) < 4.78 is 58.5. The molecule has 2 N–H and O–H groups in total. The first-order valence-corrected chi connectivity index (χ1v) is 13.1. The molecule has 1 aromatic heterocycles. The Labute approximate surface area is 171 Å². The first kappa shape index (κ1) is 23.4. The molecule has 0 fully saturated rings. The van der Waals surface area contributed by atoms with Crippen molar-refractivity contribution in [1.82, 2.24) is 10.0 Å². The highest BCUT2D eigenvalue weighted by Gasteiger charge is 2.40. The van der Waals surface area contributed by atoms with Gasteiger partial charge in [0, 0.05) is 18.2 Å². The summed E-state index contributed by atoms with van der Waals surface area (Å²) in [5, 5.41) is 2.62. The van der Waals surface area contributed by atoms with E-state index in [1.165, 1.54) is 13.0 Å². The molecule has 0 saturated carbocycles. The van der Waals surface area contributed by atoms with E-state index in [0.29, 0.717) is 25.1 Å². The highest BCUT2D eigenvalue weighted by Crippen LogP contribution is 2.42. The molecular weight excluding hydrogens is 424 g/mol. The fourth-order valence-electron chi connectivity index (χ4n) is 3.20. The van der Waals surface area contributed by atoms with Gasteiger partial charge >= 0.3 is 0 Å². The molecular formula is C17H28N2O6S3. The number of hydrogen-bond donors (Lipinski definition) is 2. The van der Waals surface area contributed by atoms with Gasteiger partial charge in [-0.2, -0.15) is 0 Å². The van der Waals surface area contributed by atoms with Crippen molar-refractivity contribution in [2.24, 2.45) is 0 Å². The van der Waals surface area contributed by atoms with Gasteiger partial charge in [0.05, 0.1) is 11.3 Å². The molecule has 0 aromatic carbocycles. The number of Topliss-reactive ketones (excluding diaryl/α,β-unsaturated/α-hetero) is 1. The van der Waals surface area contributed by atoms with Crippen LogP contribution in [0.5, 0.6) is 0 Å². The van der Waals surface area contributed by atoms with E-state index in [1.54, 1.807) is 20.8 Å². The molecule has 2 heterocycles. The molecule has 2 rings (SSSR count). The number of carbonyl (C=O) groups excluding carboxylic acids is 1. The number of hydrogen-bond acceptors (Lipinski definition) is 8. The van der Waals surface area contributed by atoms with Crippen LogP contribution in [0.1, 0.15) is 52.6 Å². The zero-order valence-corrected chi connectivity index (χ0v) is 19.1. The summed E-state index contributed by atoms with van der Waals surface area (Å²) in [4.78, 5) is 12.3. The van der Waals surface area contributed by atoms with Crippen molar-refractivity contribution in [3.05, 3.63) is 11.6 Å². The van der Waals surface area contributed by atoms with Crippen LogP contribution < -0.4 is 10.0 Å². The van der Waals surface area contributed by atoms with Crippen LogP contribution in [0.25, 0.3) is 0 Å². The molecule has 0 amide bonds. The monoisotopic (exact) mass is 452 g/mol. The van der Waals surface area contributed by atoms with Crippen molar-refractivity contribution >= 4 is 37.0 Å². The fourth-order valence-corrected chi connectivity index (χ4v) is 8.43. The second-order valence-electron chi connectivity index (χ2n) is 6.85. The predicted octanol–water partition coefficient (Wildman–Crippen LogP) is 1.63. The van der Waals surface area contributed by atoms with Crippen molar-refractivity contribution in [1.29, 1.82) is 0 Å². The lowest BCUT2D eigenvalue weighted by Gasteiger charge is -2.27. The number of ether oxygens (including phenoxy) is 1. The topological polar surface area (TPSA) is 119 Å². The third-order valence-electron chi connectivity index (χ3n) is 4.72. The highest BCUT2D eigenvalue weighted by atomic mass is 32.3. The Morgan fingerprint density at radius 1 is 1.36 bits per heavy atom. The Morgan fingerprint density at radius 2 is 2.00 bits per heavy atom. The van der Waals surface area contributed by atoms with Gasteiger partial charge in [-0.25, -0.2) is 21.6 Å². The maximum absolute atomic E-state index is 12.8. The zero-order valence-electron chi connectivity index (χ0n) is 16.7. The summed E-state index contributed by atoms with van der Waals surface area (Å²) in [6.45, 7) is 9.27. The van der Waals surface area contributed by atoms with Gasteiger partial charge < -0.3 is 10.1 Å². The Morgan fingerprint density at radius 3 is 2.57 bits per heavy atom. The van der Waals surface area contributed by atoms with Gasteiger partial charge in [-0.1, -0.05) is 6.92 Å². The number of thiophene rings is 1. The number of rotatable bonds is 9. The van der Waals surface area contributed by atoms with Gasteiger partial charge in [0.15, 0.2) is 15.6 Å². The first-order valence-electron chi connectivity index (χ1n) is 9.24. The van der Waals surface area contributed by atoms with Crippen LogP contribution in [0.4, 0.5) is 0 Å². The molecule has 8 nitrogen and oxygen atoms in total. The SMILES string of the molecule is CCN[C@H]1C[C@H](C)S(=O)(=O)c2sc(S(=O)(=O)NC(C)C(=O)C(C)OCC)cc21. The van der Waals surface area contributed by atoms with Crippen LogP contribution >= 0.6 is 11.3 Å². The van der Waals surface area contributed by atoms with Gasteiger partial charge in [0.1, 0.15) is 14.5 Å². The van der Waals surface area contributed by atoms with E-state index < -0.39 is 43.0 Å². The van der Waals surface area contributed by atoms with Gasteiger partial charge in [0.2, 0.25) is 0 Å². The minimum atomic E-state index is -4.05. The van der Waals surface area contributed by atoms with Gasteiger partial charge in [-0.15, -0.1) is 11.3 Å². The zero-order chi connectivity index (χ0) is 21.3. The Balaban J connectivity index is 2.36. The molecule has 1 aromatic rings. The fraction of sp³-hybridized carbons (Fsp3) is 0.706. The third kappa shape index (κ3) is 4.65. The van der Waals surface area contributed by atoms with Crippen LogP contribution in [-0.2, 0) is 29.4 Å². The summed E-state index contributed by atoms with van der Waals surface area (Å²) in [5.41, 5.74) is 0.479. The van der Waals surface area contributed by atoms with Crippen LogP contribution in [0.2, 0.25) is 0 Å². The Kier molecular flexibility index (Phi) is 7.43. The number of fused-ring (bicyclic) bond motifs is 1. The van der Waals surface area contributed by atoms with E-state index in [2.05, 4.69) is 10.0 Å². The molecule has 0 saturated heterocycles. The first-order chi connectivity index (χ1) is 13.0. The smallest absolute Gasteiger partial charge is 0.250 e. The Hall–Kier alpha value is -0.850. The minimum absolute atomic E-state index is 0.0826. The molecule has 1 aliphatic heterocycles. The average Bonchev–Trinajstić information content (AvgIpc) is 3.07. The van der Waals surface area contributed by atoms with E-state index in [-0.39, 0.29) is 14.5 Å². The molecule has 28 heavy (non-hydrogen) atoms. The van der Waals surface area contributed by atoms with Crippen molar-refractivity contribution in [2.75, 3.05) is 13.2 Å². The number of nitrogens with one attached hydrogen (secondary N) is 2. The highest BCUT2D eigenvalue weighted by molar-refractivity contribution is 7.95. The second kappa shape index (κ2) is 8.88. The van der Waals surface area contributed by atoms with Crippen molar-refractivity contribution < 1.29 is 26.4 Å². The molecule has 0 radical (unpaired) electrons. The summed E-state index contributed by atoms with van der Waals surface area (Å²) in [7, 11) is -7.63. The molecule has 0 bridgehead atoms. The summed E-state index contributed by atoms with van der Waals surface area (Å²) in [6, 6.07) is 0.184. The van der Waals surface area contributed by atoms with E-state index in [0.717, 1.165) is 11.3 Å². The second-order valence-corrected chi connectivity index (χ2v) is 12.4. The lowest BCUT2D eigenvalue weighted by molar-refractivity contribution is -0.130. The van der Waals surface area contributed by atoms with Crippen LogP contribution in [0.15, 0.2) is 14.5 Å². The summed E-state index contributed by atoms with van der Waals surface area (Å²) >= 11 is 0.734. The molecule has 1 aliphatic rings. The minimum Gasteiger partial charge on any atom is -0.371 e. The van der Waals surface area contributed by atoms with E-state index in [9.17, 15) is 21.6 Å². The van der Waals surface area contributed by atoms with Crippen molar-refractivity contribution in [3.8, 4) is 0 Å². The molecule has 160 valence electrons. The lowest BCUT2D eigenvalue weighted by Crippen LogP contribution is -2.43. The standard InChI is InChI=1S/C17H28N2O6S3/c1-6-18-14-8-10(3)27(21,22)17-13(14)9-15(26-17)28(23,24)19-11(4)16(20)12(5)25-7-2/h9-12,14,18-19H,6-8H2,1-5H3/t10-,11?,12?,14-/m0/s1. The van der Waals surface area contributed by atoms with E-state index in [4.69, 9.17) is 4.74 Å². The molecule has 0 spiro atoms. The van der Waals surface area contributed by atoms with Gasteiger partial charge in [0.25, 0.3) is 10.0 Å². The molecule has 0 aliphatic carbocycles. The van der Waals surface area contributed by atoms with Crippen LogP contribution in [0.3, 0.4) is 0 Å². The van der Waals surface area contributed by atoms with Crippen molar-refractivity contribution in [2.45, 2.75) is 72.9 Å². The van der Waals surface area contributed by atoms with E-state index >= 15 is 0 Å². The van der Waals surface area contributed by atoms with Gasteiger partial charge in [-0.3, -0.25) is 4.79 Å². The third-order valence-corrected chi connectivity index (χ3v) is 10.6. The molecule has 2 unspecified atom stereocenters. The maximum Gasteiger partial charge on any atom is 0.250 e. The van der Waals surface area contributed by atoms with Gasteiger partial charge in [-0.05, 0) is 46.7 Å². The number of carbonyl (C=O) groups is 1. The molecule has 4 atom stereocenters. The summed E-state index contributed by atoms with van der Waals surface area (Å²) in [6.07, 6.45) is -0.355. The largest absolute Gasteiger partial charge is 0.371 e. The maximum atomic E-state index is 12.8. The predicted molar refractivity (Wildman–Crippen MR) is 108 cm³/mol. The van der Waals surface area contributed by atoms with Crippen LogP contribution in [0, 0.1) is 0 Å².